The van der Waals surface area contributed by atoms with Crippen molar-refractivity contribution < 1.29 is 4.92 Å². The van der Waals surface area contributed by atoms with E-state index in [9.17, 15) is 10.1 Å². The molecule has 2 aromatic rings. The molecule has 0 radical (unpaired) electrons. The number of aromatic amines is 1. The standard InChI is InChI=1S/C14H18N4O2/c1-9(15)6-7-13-16-10(2)14(17-13)11-4-3-5-12(8-11)18(19)20/h3-5,8-9H,6-7,15H2,1-2H3,(H,16,17). The largest absolute Gasteiger partial charge is 0.346 e. The fraction of sp³-hybridized carbons (Fsp3) is 0.357. The second-order valence-corrected chi connectivity index (χ2v) is 4.98. The number of aromatic nitrogens is 2. The molecule has 3 N–H and O–H groups in total. The third-order valence-electron chi connectivity index (χ3n) is 3.10. The maximum atomic E-state index is 10.8. The van der Waals surface area contributed by atoms with E-state index in [0.29, 0.717) is 0 Å². The number of nitrogens with two attached hydrogens (primary N) is 1. The van der Waals surface area contributed by atoms with Crippen molar-refractivity contribution in [3.05, 3.63) is 45.9 Å². The first kappa shape index (κ1) is 14.2. The molecule has 0 aliphatic rings. The molecule has 106 valence electrons. The third kappa shape index (κ3) is 3.21. The Hall–Kier alpha value is -2.21. The highest BCUT2D eigenvalue weighted by Crippen LogP contribution is 2.25. The number of aryl methyl sites for hydroxylation is 2. The van der Waals surface area contributed by atoms with Crippen LogP contribution in [0, 0.1) is 17.0 Å². The molecule has 1 heterocycles. The highest BCUT2D eigenvalue weighted by molar-refractivity contribution is 5.64. The van der Waals surface area contributed by atoms with Crippen molar-refractivity contribution >= 4 is 5.69 Å². The van der Waals surface area contributed by atoms with Gasteiger partial charge in [0.2, 0.25) is 0 Å². The Morgan fingerprint density at radius 1 is 1.50 bits per heavy atom. The van der Waals surface area contributed by atoms with Gasteiger partial charge in [-0.25, -0.2) is 4.98 Å². The van der Waals surface area contributed by atoms with Crippen LogP contribution in [-0.2, 0) is 6.42 Å². The molecule has 1 atom stereocenters. The first-order valence-electron chi connectivity index (χ1n) is 6.53. The Balaban J connectivity index is 2.28. The number of nitrogens with one attached hydrogen (secondary N) is 1. The Morgan fingerprint density at radius 2 is 2.25 bits per heavy atom. The number of benzene rings is 1. The van der Waals surface area contributed by atoms with Crippen LogP contribution in [0.25, 0.3) is 11.3 Å². The summed E-state index contributed by atoms with van der Waals surface area (Å²) in [5.74, 6) is 0.862. The molecule has 0 aliphatic carbocycles. The number of H-pyrrole nitrogens is 1. The number of hydrogen-bond donors (Lipinski definition) is 2. The van der Waals surface area contributed by atoms with E-state index in [0.717, 1.165) is 35.6 Å². The van der Waals surface area contributed by atoms with Gasteiger partial charge in [-0.3, -0.25) is 10.1 Å². The zero-order chi connectivity index (χ0) is 14.7. The zero-order valence-electron chi connectivity index (χ0n) is 11.6. The van der Waals surface area contributed by atoms with Gasteiger partial charge in [0, 0.05) is 35.9 Å². The molecule has 1 aromatic carbocycles. The molecule has 0 bridgehead atoms. The van der Waals surface area contributed by atoms with Crippen LogP contribution in [0.1, 0.15) is 24.9 Å². The van der Waals surface area contributed by atoms with Crippen molar-refractivity contribution in [1.82, 2.24) is 9.97 Å². The van der Waals surface area contributed by atoms with Gasteiger partial charge in [0.15, 0.2) is 0 Å². The van der Waals surface area contributed by atoms with Crippen molar-refractivity contribution in [3.63, 3.8) is 0 Å². The van der Waals surface area contributed by atoms with Gasteiger partial charge < -0.3 is 10.7 Å². The molecule has 6 nitrogen and oxygen atoms in total. The van der Waals surface area contributed by atoms with Crippen LogP contribution in [0.3, 0.4) is 0 Å². The number of nitrogens with zero attached hydrogens (tertiary/aromatic N) is 2. The van der Waals surface area contributed by atoms with E-state index in [-0.39, 0.29) is 11.7 Å². The first-order valence-corrected chi connectivity index (χ1v) is 6.53. The smallest absolute Gasteiger partial charge is 0.270 e. The number of hydrogen-bond acceptors (Lipinski definition) is 4. The minimum atomic E-state index is -0.400. The average molecular weight is 274 g/mol. The van der Waals surface area contributed by atoms with Crippen molar-refractivity contribution in [2.45, 2.75) is 32.7 Å². The Kier molecular flexibility index (Phi) is 4.14. The highest BCUT2D eigenvalue weighted by atomic mass is 16.6. The lowest BCUT2D eigenvalue weighted by Gasteiger charge is -2.01. The van der Waals surface area contributed by atoms with Gasteiger partial charge in [0.05, 0.1) is 10.6 Å². The number of rotatable bonds is 5. The van der Waals surface area contributed by atoms with E-state index >= 15 is 0 Å². The summed E-state index contributed by atoms with van der Waals surface area (Å²) in [5.41, 5.74) is 8.22. The van der Waals surface area contributed by atoms with Gasteiger partial charge >= 0.3 is 0 Å². The molecule has 0 saturated heterocycles. The average Bonchev–Trinajstić information content (AvgIpc) is 2.78. The van der Waals surface area contributed by atoms with Crippen molar-refractivity contribution in [1.29, 1.82) is 0 Å². The lowest BCUT2D eigenvalue weighted by molar-refractivity contribution is -0.384. The molecule has 0 saturated carbocycles. The lowest BCUT2D eigenvalue weighted by atomic mass is 10.1. The Morgan fingerprint density at radius 3 is 2.90 bits per heavy atom. The highest BCUT2D eigenvalue weighted by Gasteiger charge is 2.13. The molecule has 20 heavy (non-hydrogen) atoms. The summed E-state index contributed by atoms with van der Waals surface area (Å²) in [6.07, 6.45) is 1.62. The number of imidazole rings is 1. The van der Waals surface area contributed by atoms with Gasteiger partial charge in [-0.05, 0) is 20.3 Å². The summed E-state index contributed by atoms with van der Waals surface area (Å²) in [6.45, 7) is 3.87. The molecular formula is C14H18N4O2. The van der Waals surface area contributed by atoms with E-state index in [2.05, 4.69) is 9.97 Å². The van der Waals surface area contributed by atoms with Crippen LogP contribution in [0.15, 0.2) is 24.3 Å². The van der Waals surface area contributed by atoms with Crippen molar-refractivity contribution in [2.75, 3.05) is 0 Å². The molecule has 1 aromatic heterocycles. The molecule has 0 spiro atoms. The Bertz CT molecular complexity index is 619. The van der Waals surface area contributed by atoms with Gasteiger partial charge in [0.25, 0.3) is 5.69 Å². The maximum Gasteiger partial charge on any atom is 0.270 e. The summed E-state index contributed by atoms with van der Waals surface area (Å²) in [5, 5.41) is 10.8. The van der Waals surface area contributed by atoms with Crippen LogP contribution < -0.4 is 5.73 Å². The predicted molar refractivity (Wildman–Crippen MR) is 77.4 cm³/mol. The summed E-state index contributed by atoms with van der Waals surface area (Å²) in [7, 11) is 0. The van der Waals surface area contributed by atoms with Crippen LogP contribution in [0.2, 0.25) is 0 Å². The van der Waals surface area contributed by atoms with E-state index in [1.165, 1.54) is 6.07 Å². The van der Waals surface area contributed by atoms with Crippen molar-refractivity contribution in [3.8, 4) is 11.3 Å². The number of non-ortho nitro benzene ring substituents is 1. The van der Waals surface area contributed by atoms with Crippen LogP contribution >= 0.6 is 0 Å². The second-order valence-electron chi connectivity index (χ2n) is 4.98. The summed E-state index contributed by atoms with van der Waals surface area (Å²) >= 11 is 0. The minimum Gasteiger partial charge on any atom is -0.346 e. The number of nitro benzene ring substituents is 1. The summed E-state index contributed by atoms with van der Waals surface area (Å²) in [4.78, 5) is 18.1. The van der Waals surface area contributed by atoms with Crippen molar-refractivity contribution in [2.24, 2.45) is 5.73 Å². The fourth-order valence-corrected chi connectivity index (χ4v) is 2.05. The van der Waals surface area contributed by atoms with E-state index in [4.69, 9.17) is 5.73 Å². The van der Waals surface area contributed by atoms with Crippen LogP contribution in [0.5, 0.6) is 0 Å². The molecule has 1 unspecified atom stereocenters. The topological polar surface area (TPSA) is 97.8 Å². The van der Waals surface area contributed by atoms with Gasteiger partial charge in [-0.2, -0.15) is 0 Å². The summed E-state index contributed by atoms with van der Waals surface area (Å²) in [6, 6.07) is 6.64. The zero-order valence-corrected chi connectivity index (χ0v) is 11.6. The van der Waals surface area contributed by atoms with E-state index < -0.39 is 4.92 Å². The molecule has 6 heteroatoms. The van der Waals surface area contributed by atoms with Gasteiger partial charge in [-0.15, -0.1) is 0 Å². The van der Waals surface area contributed by atoms with Gasteiger partial charge in [0.1, 0.15) is 5.82 Å². The molecule has 0 fully saturated rings. The normalized spacial score (nSPS) is 12.3. The second kappa shape index (κ2) is 5.83. The molecular weight excluding hydrogens is 256 g/mol. The summed E-state index contributed by atoms with van der Waals surface area (Å²) < 4.78 is 0. The maximum absolute atomic E-state index is 10.8. The van der Waals surface area contributed by atoms with Crippen LogP contribution in [0.4, 0.5) is 5.69 Å². The fourth-order valence-electron chi connectivity index (χ4n) is 2.05. The van der Waals surface area contributed by atoms with Crippen LogP contribution in [-0.4, -0.2) is 20.9 Å². The molecule has 2 rings (SSSR count). The van der Waals surface area contributed by atoms with E-state index in [1.54, 1.807) is 12.1 Å². The monoisotopic (exact) mass is 274 g/mol. The molecule has 0 aliphatic heterocycles. The lowest BCUT2D eigenvalue weighted by Crippen LogP contribution is -2.15. The predicted octanol–water partition coefficient (Wildman–Crippen LogP) is 2.57. The SMILES string of the molecule is Cc1[nH]c(CCC(C)N)nc1-c1cccc([N+](=O)[O-])c1. The number of nitro groups is 1. The van der Waals surface area contributed by atoms with Gasteiger partial charge in [-0.1, -0.05) is 12.1 Å². The Labute approximate surface area is 117 Å². The third-order valence-corrected chi connectivity index (χ3v) is 3.10. The minimum absolute atomic E-state index is 0.0713. The molecule has 0 amide bonds. The quantitative estimate of drug-likeness (QED) is 0.646. The van der Waals surface area contributed by atoms with E-state index in [1.807, 2.05) is 19.9 Å². The first-order chi connectivity index (χ1) is 9.47.